The summed E-state index contributed by atoms with van der Waals surface area (Å²) in [5.74, 6) is 0.785. The second-order valence-electron chi connectivity index (χ2n) is 4.80. The third-order valence-electron chi connectivity index (χ3n) is 3.39. The summed E-state index contributed by atoms with van der Waals surface area (Å²) >= 11 is 0. The maximum Gasteiger partial charge on any atom is 0.0869 e. The zero-order chi connectivity index (χ0) is 10.2. The lowest BCUT2D eigenvalue weighted by Crippen LogP contribution is -2.71. The van der Waals surface area contributed by atoms with Crippen molar-refractivity contribution in [2.75, 3.05) is 6.54 Å². The van der Waals surface area contributed by atoms with Crippen LogP contribution in [-0.2, 0) is 0 Å². The van der Waals surface area contributed by atoms with Crippen LogP contribution in [0.15, 0.2) is 0 Å². The summed E-state index contributed by atoms with van der Waals surface area (Å²) in [6.45, 7) is 3.07. The van der Waals surface area contributed by atoms with Crippen molar-refractivity contribution in [3.8, 4) is 0 Å². The van der Waals surface area contributed by atoms with Crippen LogP contribution in [0.2, 0.25) is 0 Å². The molecule has 2 aliphatic heterocycles. The monoisotopic (exact) mass is 194 g/mol. The van der Waals surface area contributed by atoms with Crippen LogP contribution in [0.25, 0.3) is 0 Å². The van der Waals surface area contributed by atoms with E-state index in [1.165, 1.54) is 31.9 Å². The first kappa shape index (κ1) is 9.65. The number of hydrogen-bond acceptors (Lipinski definition) is 3. The molecule has 0 aromatic heterocycles. The maximum absolute atomic E-state index is 7.15. The summed E-state index contributed by atoms with van der Waals surface area (Å²) in [6.07, 6.45) is 6.15. The Morgan fingerprint density at radius 2 is 2.07 bits per heavy atom. The van der Waals surface area contributed by atoms with E-state index in [0.717, 1.165) is 12.5 Å². The van der Waals surface area contributed by atoms with E-state index in [9.17, 15) is 0 Å². The molecular weight excluding hydrogens is 176 g/mol. The molecule has 4 nitrogen and oxygen atoms in total. The standard InChI is InChI=1S/C10H18N4/c1-8-2-9-4-10(3-8,13-9)5-14(6-11)7-12/h6-9,11-13H,2-5H2,1H3/t8-,9-,10+/m1/s1. The minimum absolute atomic E-state index is 0.192. The van der Waals surface area contributed by atoms with E-state index in [1.54, 1.807) is 4.90 Å². The number of piperidine rings is 1. The fourth-order valence-electron chi connectivity index (χ4n) is 3.06. The Bertz CT molecular complexity index is 237. The van der Waals surface area contributed by atoms with Crippen molar-refractivity contribution in [1.82, 2.24) is 10.2 Å². The van der Waals surface area contributed by atoms with E-state index in [2.05, 4.69) is 12.2 Å². The van der Waals surface area contributed by atoms with Crippen LogP contribution in [0.3, 0.4) is 0 Å². The summed E-state index contributed by atoms with van der Waals surface area (Å²) in [6, 6.07) is 0.692. The number of hydrogen-bond donors (Lipinski definition) is 3. The molecule has 78 valence electrons. The van der Waals surface area contributed by atoms with Crippen molar-refractivity contribution in [3.63, 3.8) is 0 Å². The van der Waals surface area contributed by atoms with Crippen LogP contribution in [0.4, 0.5) is 0 Å². The molecule has 3 fully saturated rings. The second-order valence-corrected chi connectivity index (χ2v) is 4.80. The van der Waals surface area contributed by atoms with Gasteiger partial charge in [0.15, 0.2) is 0 Å². The van der Waals surface area contributed by atoms with Gasteiger partial charge in [-0.3, -0.25) is 10.8 Å². The van der Waals surface area contributed by atoms with Gasteiger partial charge in [0.2, 0.25) is 0 Å². The third kappa shape index (κ3) is 1.54. The molecule has 3 N–H and O–H groups in total. The summed E-state index contributed by atoms with van der Waals surface area (Å²) in [4.78, 5) is 1.64. The van der Waals surface area contributed by atoms with Gasteiger partial charge in [0.25, 0.3) is 0 Å². The van der Waals surface area contributed by atoms with Crippen LogP contribution in [-0.4, -0.2) is 35.7 Å². The lowest BCUT2D eigenvalue weighted by Gasteiger charge is -2.57. The summed E-state index contributed by atoms with van der Waals surface area (Å²) in [5, 5.41) is 17.9. The van der Waals surface area contributed by atoms with Crippen LogP contribution in [0, 0.1) is 16.7 Å². The average molecular weight is 194 g/mol. The first-order valence-corrected chi connectivity index (χ1v) is 5.22. The van der Waals surface area contributed by atoms with Gasteiger partial charge in [-0.05, 0) is 25.2 Å². The summed E-state index contributed by atoms with van der Waals surface area (Å²) < 4.78 is 0. The molecule has 14 heavy (non-hydrogen) atoms. The van der Waals surface area contributed by atoms with E-state index in [1.807, 2.05) is 0 Å². The van der Waals surface area contributed by atoms with E-state index in [0.29, 0.717) is 6.04 Å². The highest BCUT2D eigenvalue weighted by atomic mass is 15.2. The van der Waals surface area contributed by atoms with Crippen molar-refractivity contribution < 1.29 is 0 Å². The highest BCUT2D eigenvalue weighted by Gasteiger charge is 2.49. The highest BCUT2D eigenvalue weighted by Crippen LogP contribution is 2.41. The molecule has 0 aromatic rings. The molecule has 3 aliphatic rings. The first-order chi connectivity index (χ1) is 6.67. The molecule has 2 saturated heterocycles. The Balaban J connectivity index is 1.97. The Morgan fingerprint density at radius 1 is 1.43 bits per heavy atom. The molecule has 3 atom stereocenters. The second kappa shape index (κ2) is 3.35. The van der Waals surface area contributed by atoms with Crippen molar-refractivity contribution in [1.29, 1.82) is 10.8 Å². The fourth-order valence-corrected chi connectivity index (χ4v) is 3.06. The smallest absolute Gasteiger partial charge is 0.0869 e. The Morgan fingerprint density at radius 3 is 2.57 bits per heavy atom. The fraction of sp³-hybridized carbons (Fsp3) is 0.800. The lowest BCUT2D eigenvalue weighted by molar-refractivity contribution is 0.0314. The van der Waals surface area contributed by atoms with E-state index in [-0.39, 0.29) is 5.54 Å². The molecule has 2 bridgehead atoms. The number of nitrogens with zero attached hydrogens (tertiary/aromatic N) is 1. The minimum Gasteiger partial charge on any atom is -0.322 e. The summed E-state index contributed by atoms with van der Waals surface area (Å²) in [7, 11) is 0. The normalized spacial score (nSPS) is 39.8. The van der Waals surface area contributed by atoms with Gasteiger partial charge in [0, 0.05) is 18.1 Å². The molecule has 4 heteroatoms. The average Bonchev–Trinajstić information content (AvgIpc) is 2.12. The van der Waals surface area contributed by atoms with Crippen molar-refractivity contribution in [2.45, 2.75) is 37.8 Å². The SMILES string of the molecule is C[C@@H]1C[C@@H]2C[C@](CN(C=N)C=N)(C1)N2. The van der Waals surface area contributed by atoms with Crippen LogP contribution in [0.5, 0.6) is 0 Å². The molecule has 2 heterocycles. The quantitative estimate of drug-likeness (QED) is 0.462. The lowest BCUT2D eigenvalue weighted by atomic mass is 9.66. The Labute approximate surface area is 84.7 Å². The van der Waals surface area contributed by atoms with E-state index in [4.69, 9.17) is 10.8 Å². The van der Waals surface area contributed by atoms with Crippen molar-refractivity contribution >= 4 is 12.7 Å². The highest BCUT2D eigenvalue weighted by molar-refractivity contribution is 5.71. The number of nitrogens with one attached hydrogen (secondary N) is 3. The van der Waals surface area contributed by atoms with Crippen molar-refractivity contribution in [3.05, 3.63) is 0 Å². The van der Waals surface area contributed by atoms with Crippen LogP contribution < -0.4 is 5.32 Å². The number of fused-ring (bicyclic) bond motifs is 2. The van der Waals surface area contributed by atoms with E-state index < -0.39 is 0 Å². The molecule has 1 aliphatic carbocycles. The largest absolute Gasteiger partial charge is 0.322 e. The molecule has 1 saturated carbocycles. The topological polar surface area (TPSA) is 63.0 Å². The molecule has 0 unspecified atom stereocenters. The first-order valence-electron chi connectivity index (χ1n) is 5.22. The molecule has 0 amide bonds. The van der Waals surface area contributed by atoms with Gasteiger partial charge < -0.3 is 10.2 Å². The van der Waals surface area contributed by atoms with Gasteiger partial charge in [0.05, 0.1) is 12.7 Å². The van der Waals surface area contributed by atoms with Gasteiger partial charge in [-0.15, -0.1) is 0 Å². The van der Waals surface area contributed by atoms with Gasteiger partial charge in [-0.2, -0.15) is 0 Å². The summed E-state index contributed by atoms with van der Waals surface area (Å²) in [5.41, 5.74) is 0.192. The van der Waals surface area contributed by atoms with E-state index >= 15 is 0 Å². The predicted molar refractivity (Wildman–Crippen MR) is 56.9 cm³/mol. The zero-order valence-electron chi connectivity index (χ0n) is 8.59. The van der Waals surface area contributed by atoms with Gasteiger partial charge in [-0.1, -0.05) is 6.92 Å². The van der Waals surface area contributed by atoms with Crippen molar-refractivity contribution in [2.24, 2.45) is 5.92 Å². The van der Waals surface area contributed by atoms with Crippen LogP contribution in [0.1, 0.15) is 26.2 Å². The Hall–Kier alpha value is -0.900. The Kier molecular flexibility index (Phi) is 2.31. The number of rotatable bonds is 4. The molecule has 3 rings (SSSR count). The minimum atomic E-state index is 0.192. The molecule has 0 spiro atoms. The van der Waals surface area contributed by atoms with Gasteiger partial charge in [-0.25, -0.2) is 0 Å². The molecule has 0 aromatic carbocycles. The molecule has 0 radical (unpaired) electrons. The van der Waals surface area contributed by atoms with Crippen LogP contribution >= 0.6 is 0 Å². The maximum atomic E-state index is 7.15. The van der Waals surface area contributed by atoms with Gasteiger partial charge >= 0.3 is 0 Å². The molecular formula is C10H18N4. The third-order valence-corrected chi connectivity index (χ3v) is 3.39. The zero-order valence-corrected chi connectivity index (χ0v) is 8.59. The predicted octanol–water partition coefficient (Wildman–Crippen LogP) is 1.03. The van der Waals surface area contributed by atoms with Gasteiger partial charge in [0.1, 0.15) is 0 Å².